The van der Waals surface area contributed by atoms with Gasteiger partial charge in [-0.2, -0.15) is 0 Å². The normalized spacial score (nSPS) is 18.1. The average Bonchev–Trinajstić information content (AvgIpc) is 2.17. The molecule has 0 radical (unpaired) electrons. The quantitative estimate of drug-likeness (QED) is 0.710. The smallest absolute Gasteiger partial charge is 0.121 e. The van der Waals surface area contributed by atoms with E-state index in [0.717, 1.165) is 12.2 Å². The molecule has 1 heterocycles. The maximum Gasteiger partial charge on any atom is 0.121 e. The van der Waals surface area contributed by atoms with E-state index in [9.17, 15) is 0 Å². The molecule has 1 aliphatic rings. The van der Waals surface area contributed by atoms with Gasteiger partial charge in [-0.3, -0.25) is 0 Å². The zero-order chi connectivity index (χ0) is 10.7. The molecule has 0 aromatic heterocycles. The Morgan fingerprint density at radius 3 is 2.53 bits per heavy atom. The standard InChI is InChI=1S/C14H16O/c1-14(2)10-6-9-13(15-14)11-12-7-4-3-5-8-12/h3-10H,11H2,1-2H3. The molecule has 0 aliphatic carbocycles. The molecule has 1 nitrogen and oxygen atoms in total. The van der Waals surface area contributed by atoms with Crippen molar-refractivity contribution in [3.05, 3.63) is 59.9 Å². The predicted octanol–water partition coefficient (Wildman–Crippen LogP) is 3.48. The number of rotatable bonds is 2. The first kappa shape index (κ1) is 10.0. The topological polar surface area (TPSA) is 9.23 Å². The van der Waals surface area contributed by atoms with Crippen molar-refractivity contribution < 1.29 is 4.74 Å². The summed E-state index contributed by atoms with van der Waals surface area (Å²) in [6.07, 6.45) is 7.05. The van der Waals surface area contributed by atoms with Gasteiger partial charge in [-0.15, -0.1) is 0 Å². The van der Waals surface area contributed by atoms with E-state index in [-0.39, 0.29) is 5.60 Å². The molecule has 0 fully saturated rings. The zero-order valence-electron chi connectivity index (χ0n) is 9.23. The van der Waals surface area contributed by atoms with Crippen molar-refractivity contribution in [1.82, 2.24) is 0 Å². The van der Waals surface area contributed by atoms with Gasteiger partial charge in [0.15, 0.2) is 0 Å². The molecule has 0 saturated heterocycles. The highest BCUT2D eigenvalue weighted by Crippen LogP contribution is 2.23. The van der Waals surface area contributed by atoms with Gasteiger partial charge in [-0.1, -0.05) is 36.4 Å². The molecular weight excluding hydrogens is 184 g/mol. The summed E-state index contributed by atoms with van der Waals surface area (Å²) in [4.78, 5) is 0. The minimum atomic E-state index is -0.168. The fourth-order valence-corrected chi connectivity index (χ4v) is 1.69. The lowest BCUT2D eigenvalue weighted by Crippen LogP contribution is -2.23. The van der Waals surface area contributed by atoms with E-state index < -0.39 is 0 Å². The second-order valence-corrected chi connectivity index (χ2v) is 4.36. The van der Waals surface area contributed by atoms with E-state index in [2.05, 4.69) is 50.3 Å². The minimum Gasteiger partial charge on any atom is -0.488 e. The maximum absolute atomic E-state index is 5.85. The second-order valence-electron chi connectivity index (χ2n) is 4.36. The highest BCUT2D eigenvalue weighted by molar-refractivity contribution is 5.25. The first-order valence-electron chi connectivity index (χ1n) is 5.27. The molecule has 1 aromatic carbocycles. The summed E-state index contributed by atoms with van der Waals surface area (Å²) < 4.78 is 5.85. The third kappa shape index (κ3) is 2.72. The number of ether oxygens (including phenoxy) is 1. The Balaban J connectivity index is 2.08. The number of hydrogen-bond acceptors (Lipinski definition) is 1. The van der Waals surface area contributed by atoms with Crippen LogP contribution in [-0.4, -0.2) is 5.60 Å². The minimum absolute atomic E-state index is 0.168. The van der Waals surface area contributed by atoms with Crippen LogP contribution in [0.15, 0.2) is 54.3 Å². The van der Waals surface area contributed by atoms with Gasteiger partial charge in [0.25, 0.3) is 0 Å². The molecule has 0 bridgehead atoms. The van der Waals surface area contributed by atoms with E-state index in [1.165, 1.54) is 5.56 Å². The number of allylic oxidation sites excluding steroid dienone is 3. The van der Waals surface area contributed by atoms with Crippen LogP contribution < -0.4 is 0 Å². The van der Waals surface area contributed by atoms with Crippen LogP contribution >= 0.6 is 0 Å². The third-order valence-corrected chi connectivity index (χ3v) is 2.40. The second kappa shape index (κ2) is 3.93. The first-order valence-corrected chi connectivity index (χ1v) is 5.27. The van der Waals surface area contributed by atoms with Crippen LogP contribution in [0.5, 0.6) is 0 Å². The highest BCUT2D eigenvalue weighted by atomic mass is 16.5. The summed E-state index contributed by atoms with van der Waals surface area (Å²) in [6.45, 7) is 4.14. The summed E-state index contributed by atoms with van der Waals surface area (Å²) in [6, 6.07) is 10.4. The van der Waals surface area contributed by atoms with Crippen LogP contribution in [0, 0.1) is 0 Å². The Kier molecular flexibility index (Phi) is 2.63. The predicted molar refractivity (Wildman–Crippen MR) is 62.5 cm³/mol. The Morgan fingerprint density at radius 1 is 1.13 bits per heavy atom. The Hall–Kier alpha value is -1.50. The van der Waals surface area contributed by atoms with Crippen molar-refractivity contribution in [2.45, 2.75) is 25.9 Å². The third-order valence-electron chi connectivity index (χ3n) is 2.40. The van der Waals surface area contributed by atoms with Gasteiger partial charge in [0, 0.05) is 6.42 Å². The molecule has 0 spiro atoms. The summed E-state index contributed by atoms with van der Waals surface area (Å²) in [5, 5.41) is 0. The Bertz CT molecular complexity index is 385. The van der Waals surface area contributed by atoms with Gasteiger partial charge >= 0.3 is 0 Å². The molecule has 0 saturated carbocycles. The number of benzene rings is 1. The molecule has 0 unspecified atom stereocenters. The van der Waals surface area contributed by atoms with Crippen molar-refractivity contribution in [3.63, 3.8) is 0 Å². The molecule has 1 aromatic rings. The monoisotopic (exact) mass is 200 g/mol. The van der Waals surface area contributed by atoms with Crippen molar-refractivity contribution >= 4 is 0 Å². The molecule has 1 heteroatoms. The van der Waals surface area contributed by atoms with Crippen LogP contribution in [0.4, 0.5) is 0 Å². The highest BCUT2D eigenvalue weighted by Gasteiger charge is 2.19. The molecule has 2 rings (SSSR count). The first-order chi connectivity index (χ1) is 7.16. The van der Waals surface area contributed by atoms with Crippen LogP contribution in [0.25, 0.3) is 0 Å². The van der Waals surface area contributed by atoms with Gasteiger partial charge in [-0.05, 0) is 31.6 Å². The summed E-state index contributed by atoms with van der Waals surface area (Å²) >= 11 is 0. The Morgan fingerprint density at radius 2 is 1.87 bits per heavy atom. The summed E-state index contributed by atoms with van der Waals surface area (Å²) in [7, 11) is 0. The van der Waals surface area contributed by atoms with Crippen LogP contribution in [0.1, 0.15) is 19.4 Å². The average molecular weight is 200 g/mol. The molecule has 1 aliphatic heterocycles. The van der Waals surface area contributed by atoms with Crippen molar-refractivity contribution in [2.24, 2.45) is 0 Å². The summed E-state index contributed by atoms with van der Waals surface area (Å²) in [5.41, 5.74) is 1.12. The fraction of sp³-hybridized carbons (Fsp3) is 0.286. The van der Waals surface area contributed by atoms with Crippen molar-refractivity contribution in [3.8, 4) is 0 Å². The van der Waals surface area contributed by atoms with Crippen LogP contribution in [0.2, 0.25) is 0 Å². The fourth-order valence-electron chi connectivity index (χ4n) is 1.69. The lowest BCUT2D eigenvalue weighted by atomic mass is 10.0. The molecular formula is C14H16O. The molecule has 78 valence electrons. The van der Waals surface area contributed by atoms with Crippen LogP contribution in [0.3, 0.4) is 0 Å². The molecule has 15 heavy (non-hydrogen) atoms. The van der Waals surface area contributed by atoms with E-state index in [4.69, 9.17) is 4.74 Å². The van der Waals surface area contributed by atoms with E-state index in [0.29, 0.717) is 0 Å². The van der Waals surface area contributed by atoms with Gasteiger partial charge in [0.05, 0.1) is 0 Å². The van der Waals surface area contributed by atoms with E-state index in [1.807, 2.05) is 12.1 Å². The lowest BCUT2D eigenvalue weighted by molar-refractivity contribution is 0.0713. The maximum atomic E-state index is 5.85. The van der Waals surface area contributed by atoms with Gasteiger partial charge in [-0.25, -0.2) is 0 Å². The number of hydrogen-bond donors (Lipinski definition) is 0. The SMILES string of the molecule is CC1(C)C=CC=C(Cc2ccccc2)O1. The zero-order valence-corrected chi connectivity index (χ0v) is 9.23. The largest absolute Gasteiger partial charge is 0.488 e. The summed E-state index contributed by atoms with van der Waals surface area (Å²) in [5.74, 6) is 1.04. The van der Waals surface area contributed by atoms with Crippen molar-refractivity contribution in [1.29, 1.82) is 0 Å². The molecule has 0 N–H and O–H groups in total. The van der Waals surface area contributed by atoms with Crippen molar-refractivity contribution in [2.75, 3.05) is 0 Å². The van der Waals surface area contributed by atoms with Crippen LogP contribution in [-0.2, 0) is 11.2 Å². The van der Waals surface area contributed by atoms with Gasteiger partial charge in [0.2, 0.25) is 0 Å². The van der Waals surface area contributed by atoms with E-state index in [1.54, 1.807) is 0 Å². The molecule has 0 atom stereocenters. The Labute approximate surface area is 91.1 Å². The lowest BCUT2D eigenvalue weighted by Gasteiger charge is -2.27. The van der Waals surface area contributed by atoms with Gasteiger partial charge in [0.1, 0.15) is 11.4 Å². The van der Waals surface area contributed by atoms with E-state index >= 15 is 0 Å². The molecule has 0 amide bonds. The van der Waals surface area contributed by atoms with Gasteiger partial charge < -0.3 is 4.74 Å².